The number of amides is 2. The maximum atomic E-state index is 12.8. The van der Waals surface area contributed by atoms with Crippen molar-refractivity contribution in [1.29, 1.82) is 0 Å². The highest BCUT2D eigenvalue weighted by Crippen LogP contribution is 2.31. The molecule has 0 radical (unpaired) electrons. The molecular weight excluding hydrogens is 392 g/mol. The third-order valence-corrected chi connectivity index (χ3v) is 5.39. The Hall–Kier alpha value is -3.00. The number of ether oxygens (including phenoxy) is 2. The molecule has 1 N–H and O–H groups in total. The second kappa shape index (κ2) is 9.47. The number of carbonyl (C=O) groups excluding carboxylic acids is 3. The average molecular weight is 414 g/mol. The Bertz CT molecular complexity index is 900. The molecule has 2 amide bonds. The minimum absolute atomic E-state index is 0.0891. The Labute approximate surface area is 173 Å². The lowest BCUT2D eigenvalue weighted by Gasteiger charge is -2.27. The maximum Gasteiger partial charge on any atom is 0.316 e. The smallest absolute Gasteiger partial charge is 0.316 e. The summed E-state index contributed by atoms with van der Waals surface area (Å²) in [6, 6.07) is 14.0. The number of esters is 1. The van der Waals surface area contributed by atoms with Crippen molar-refractivity contribution in [1.82, 2.24) is 0 Å². The van der Waals surface area contributed by atoms with Crippen LogP contribution in [-0.4, -0.2) is 43.3 Å². The first-order valence-electron chi connectivity index (χ1n) is 9.11. The third-order valence-electron chi connectivity index (χ3n) is 4.40. The van der Waals surface area contributed by atoms with Gasteiger partial charge in [0.25, 0.3) is 5.91 Å². The lowest BCUT2D eigenvalue weighted by molar-refractivity contribution is -0.145. The van der Waals surface area contributed by atoms with E-state index in [0.717, 1.165) is 10.6 Å². The average Bonchev–Trinajstić information content (AvgIpc) is 2.85. The largest absolute Gasteiger partial charge is 0.497 e. The van der Waals surface area contributed by atoms with Crippen molar-refractivity contribution in [3.63, 3.8) is 0 Å². The summed E-state index contributed by atoms with van der Waals surface area (Å²) in [7, 11) is 1.59. The van der Waals surface area contributed by atoms with Crippen LogP contribution in [0.1, 0.15) is 13.3 Å². The zero-order valence-electron chi connectivity index (χ0n) is 16.2. The fourth-order valence-electron chi connectivity index (χ4n) is 3.04. The molecule has 1 heterocycles. The van der Waals surface area contributed by atoms with E-state index in [2.05, 4.69) is 5.32 Å². The number of nitrogens with zero attached hydrogens (tertiary/aromatic N) is 1. The zero-order valence-corrected chi connectivity index (χ0v) is 17.0. The van der Waals surface area contributed by atoms with E-state index >= 15 is 0 Å². The molecule has 0 aromatic heterocycles. The normalized spacial score (nSPS) is 15.7. The summed E-state index contributed by atoms with van der Waals surface area (Å²) in [5, 5.41) is 2.80. The van der Waals surface area contributed by atoms with E-state index in [1.165, 1.54) is 16.7 Å². The molecule has 29 heavy (non-hydrogen) atoms. The van der Waals surface area contributed by atoms with Crippen molar-refractivity contribution in [3.05, 3.63) is 48.5 Å². The third kappa shape index (κ3) is 5.29. The van der Waals surface area contributed by atoms with E-state index in [1.54, 1.807) is 38.3 Å². The molecule has 8 heteroatoms. The van der Waals surface area contributed by atoms with Crippen LogP contribution in [0.15, 0.2) is 53.4 Å². The molecule has 2 aromatic carbocycles. The summed E-state index contributed by atoms with van der Waals surface area (Å²) < 4.78 is 10.3. The van der Waals surface area contributed by atoms with Crippen molar-refractivity contribution in [3.8, 4) is 5.75 Å². The molecule has 7 nitrogen and oxygen atoms in total. The van der Waals surface area contributed by atoms with Crippen LogP contribution in [0.3, 0.4) is 0 Å². The SMILES string of the molecule is COc1ccc(SCC(=O)OCC(=O)N2c3ccccc3NC(=O)C[C@H]2C)cc1. The van der Waals surface area contributed by atoms with Gasteiger partial charge in [0.1, 0.15) is 5.75 Å². The van der Waals surface area contributed by atoms with Crippen LogP contribution < -0.4 is 15.0 Å². The van der Waals surface area contributed by atoms with Crippen molar-refractivity contribution in [2.75, 3.05) is 29.7 Å². The molecule has 1 atom stereocenters. The number of hydrogen-bond acceptors (Lipinski definition) is 6. The Morgan fingerprint density at radius 1 is 1.17 bits per heavy atom. The quantitative estimate of drug-likeness (QED) is 0.578. The molecule has 0 saturated heterocycles. The first-order valence-corrected chi connectivity index (χ1v) is 10.1. The molecular formula is C21H22N2O5S. The van der Waals surface area contributed by atoms with Crippen LogP contribution in [0.4, 0.5) is 11.4 Å². The lowest BCUT2D eigenvalue weighted by Crippen LogP contribution is -2.41. The predicted octanol–water partition coefficient (Wildman–Crippen LogP) is 3.09. The van der Waals surface area contributed by atoms with Gasteiger partial charge in [-0.15, -0.1) is 11.8 Å². The van der Waals surface area contributed by atoms with Crippen LogP contribution in [0.5, 0.6) is 5.75 Å². The number of rotatable bonds is 6. The van der Waals surface area contributed by atoms with Gasteiger partial charge in [0.15, 0.2) is 6.61 Å². The summed E-state index contributed by atoms with van der Waals surface area (Å²) in [6.45, 7) is 1.41. The molecule has 0 bridgehead atoms. The van der Waals surface area contributed by atoms with E-state index in [9.17, 15) is 14.4 Å². The van der Waals surface area contributed by atoms with Crippen LogP contribution in [0.25, 0.3) is 0 Å². The van der Waals surface area contributed by atoms with Gasteiger partial charge < -0.3 is 19.7 Å². The molecule has 0 fully saturated rings. The number of anilines is 2. The van der Waals surface area contributed by atoms with Gasteiger partial charge in [-0.25, -0.2) is 0 Å². The van der Waals surface area contributed by atoms with E-state index in [1.807, 2.05) is 24.3 Å². The zero-order chi connectivity index (χ0) is 20.8. The summed E-state index contributed by atoms with van der Waals surface area (Å²) in [5.74, 6) is -0.185. The molecule has 1 aliphatic heterocycles. The number of nitrogens with one attached hydrogen (secondary N) is 1. The minimum Gasteiger partial charge on any atom is -0.497 e. The Kier molecular flexibility index (Phi) is 6.77. The second-order valence-electron chi connectivity index (χ2n) is 6.51. The van der Waals surface area contributed by atoms with E-state index < -0.39 is 5.97 Å². The first kappa shape index (κ1) is 20.7. The minimum atomic E-state index is -0.482. The number of methoxy groups -OCH3 is 1. The number of para-hydroxylation sites is 2. The van der Waals surface area contributed by atoms with Crippen LogP contribution in [0.2, 0.25) is 0 Å². The Morgan fingerprint density at radius 3 is 2.62 bits per heavy atom. The number of benzene rings is 2. The highest BCUT2D eigenvalue weighted by Gasteiger charge is 2.30. The second-order valence-corrected chi connectivity index (χ2v) is 7.56. The van der Waals surface area contributed by atoms with Crippen LogP contribution in [-0.2, 0) is 19.1 Å². The fraction of sp³-hybridized carbons (Fsp3) is 0.286. The van der Waals surface area contributed by atoms with Gasteiger partial charge in [-0.2, -0.15) is 0 Å². The summed E-state index contributed by atoms with van der Waals surface area (Å²) in [4.78, 5) is 39.3. The van der Waals surface area contributed by atoms with Gasteiger partial charge in [0.2, 0.25) is 5.91 Å². The highest BCUT2D eigenvalue weighted by molar-refractivity contribution is 8.00. The summed E-state index contributed by atoms with van der Waals surface area (Å²) in [6.07, 6.45) is 0.168. The number of hydrogen-bond donors (Lipinski definition) is 1. The van der Waals surface area contributed by atoms with Crippen molar-refractivity contribution < 1.29 is 23.9 Å². The number of carbonyl (C=O) groups is 3. The number of fused-ring (bicyclic) bond motifs is 1. The van der Waals surface area contributed by atoms with E-state index in [4.69, 9.17) is 9.47 Å². The van der Waals surface area contributed by atoms with Crippen LogP contribution >= 0.6 is 11.8 Å². The van der Waals surface area contributed by atoms with Crippen molar-refractivity contribution >= 4 is 40.9 Å². The van der Waals surface area contributed by atoms with Crippen molar-refractivity contribution in [2.24, 2.45) is 0 Å². The van der Waals surface area contributed by atoms with E-state index in [0.29, 0.717) is 11.4 Å². The molecule has 3 rings (SSSR count). The fourth-order valence-corrected chi connectivity index (χ4v) is 3.73. The molecule has 1 aliphatic rings. The maximum absolute atomic E-state index is 12.8. The Morgan fingerprint density at radius 2 is 1.90 bits per heavy atom. The first-order chi connectivity index (χ1) is 14.0. The molecule has 2 aromatic rings. The predicted molar refractivity (Wildman–Crippen MR) is 111 cm³/mol. The van der Waals surface area contributed by atoms with Crippen LogP contribution in [0, 0.1) is 0 Å². The molecule has 0 spiro atoms. The van der Waals surface area contributed by atoms with E-state index in [-0.39, 0.29) is 36.6 Å². The molecule has 152 valence electrons. The van der Waals surface area contributed by atoms with Crippen molar-refractivity contribution in [2.45, 2.75) is 24.3 Å². The number of thioether (sulfide) groups is 1. The molecule has 0 unspecified atom stereocenters. The van der Waals surface area contributed by atoms with Gasteiger partial charge >= 0.3 is 5.97 Å². The van der Waals surface area contributed by atoms with Gasteiger partial charge in [0.05, 0.1) is 24.2 Å². The van der Waals surface area contributed by atoms with Gasteiger partial charge in [0, 0.05) is 17.4 Å². The lowest BCUT2D eigenvalue weighted by atomic mass is 10.1. The van der Waals surface area contributed by atoms with Gasteiger partial charge in [-0.1, -0.05) is 12.1 Å². The molecule has 0 aliphatic carbocycles. The van der Waals surface area contributed by atoms with Gasteiger partial charge in [-0.3, -0.25) is 14.4 Å². The molecule has 0 saturated carbocycles. The standard InChI is InChI=1S/C21H22N2O5S/c1-14-11-19(24)22-17-5-3-4-6-18(17)23(14)20(25)12-28-21(26)13-29-16-9-7-15(27-2)8-10-16/h3-10,14H,11-13H2,1-2H3,(H,22,24)/t14-/m1/s1. The summed E-state index contributed by atoms with van der Waals surface area (Å²) in [5.41, 5.74) is 1.16. The summed E-state index contributed by atoms with van der Waals surface area (Å²) >= 11 is 1.32. The Balaban J connectivity index is 1.57. The monoisotopic (exact) mass is 414 g/mol. The highest BCUT2D eigenvalue weighted by atomic mass is 32.2. The van der Waals surface area contributed by atoms with Gasteiger partial charge in [-0.05, 0) is 43.3 Å². The topological polar surface area (TPSA) is 84.9 Å².